The van der Waals surface area contributed by atoms with Crippen molar-refractivity contribution < 1.29 is 29.0 Å². The number of rotatable bonds is 8. The Bertz CT molecular complexity index is 771. The number of nitrogens with zero attached hydrogens (tertiary/aromatic N) is 2. The summed E-state index contributed by atoms with van der Waals surface area (Å²) in [6, 6.07) is 6.24. The summed E-state index contributed by atoms with van der Waals surface area (Å²) in [6.45, 7) is 1.23. The monoisotopic (exact) mass is 348 g/mol. The highest BCUT2D eigenvalue weighted by Crippen LogP contribution is 2.27. The molecular weight excluding hydrogens is 336 g/mol. The van der Waals surface area contributed by atoms with Gasteiger partial charge in [-0.3, -0.25) is 0 Å². The molecule has 0 saturated heterocycles. The molecule has 1 aromatic heterocycles. The third-order valence-corrected chi connectivity index (χ3v) is 3.51. The van der Waals surface area contributed by atoms with E-state index in [9.17, 15) is 19.8 Å². The van der Waals surface area contributed by atoms with Crippen LogP contribution in [0.5, 0.6) is 5.75 Å². The van der Waals surface area contributed by atoms with Crippen LogP contribution in [0.2, 0.25) is 0 Å². The van der Waals surface area contributed by atoms with Crippen LogP contribution in [0.25, 0.3) is 6.08 Å². The first-order valence-electron chi connectivity index (χ1n) is 6.84. The minimum absolute atomic E-state index is 0.0895. The molecule has 0 amide bonds. The second kappa shape index (κ2) is 8.16. The lowest BCUT2D eigenvalue weighted by molar-refractivity contribution is -0.307. The highest BCUT2D eigenvalue weighted by molar-refractivity contribution is 8.03. The number of hydrogen-bond donors (Lipinski definition) is 0. The van der Waals surface area contributed by atoms with E-state index in [1.807, 2.05) is 6.92 Å². The van der Waals surface area contributed by atoms with Gasteiger partial charge in [-0.1, -0.05) is 19.1 Å². The van der Waals surface area contributed by atoms with Crippen molar-refractivity contribution in [1.29, 1.82) is 0 Å². The van der Waals surface area contributed by atoms with E-state index in [0.29, 0.717) is 17.9 Å². The van der Waals surface area contributed by atoms with E-state index < -0.39 is 18.5 Å². The predicted molar refractivity (Wildman–Crippen MR) is 79.5 cm³/mol. The molecule has 126 valence electrons. The van der Waals surface area contributed by atoms with Gasteiger partial charge in [0.2, 0.25) is 5.89 Å². The highest BCUT2D eigenvalue weighted by Gasteiger charge is 2.10. The van der Waals surface area contributed by atoms with Crippen LogP contribution in [0, 0.1) is 0 Å². The number of ether oxygens (including phenoxy) is 1. The van der Waals surface area contributed by atoms with E-state index in [1.165, 1.54) is 18.2 Å². The average molecular weight is 348 g/mol. The van der Waals surface area contributed by atoms with Gasteiger partial charge in [-0.2, -0.15) is 0 Å². The van der Waals surface area contributed by atoms with Crippen LogP contribution in [0.1, 0.15) is 18.4 Å². The molecule has 0 aliphatic heterocycles. The summed E-state index contributed by atoms with van der Waals surface area (Å²) in [5, 5.41) is 29.2. The summed E-state index contributed by atoms with van der Waals surface area (Å²) in [4.78, 5) is 21.5. The van der Waals surface area contributed by atoms with Crippen molar-refractivity contribution >= 4 is 29.8 Å². The van der Waals surface area contributed by atoms with Crippen LogP contribution >= 0.6 is 11.8 Å². The lowest BCUT2D eigenvalue weighted by Crippen LogP contribution is -2.28. The fraction of sp³-hybridized carbons (Fsp3) is 0.200. The summed E-state index contributed by atoms with van der Waals surface area (Å²) < 4.78 is 10.2. The molecule has 24 heavy (non-hydrogen) atoms. The Labute approximate surface area is 141 Å². The fourth-order valence-corrected chi connectivity index (χ4v) is 2.32. The van der Waals surface area contributed by atoms with Crippen LogP contribution in [-0.4, -0.2) is 28.7 Å². The van der Waals surface area contributed by atoms with Crippen molar-refractivity contribution in [2.45, 2.75) is 18.6 Å². The number of benzene rings is 1. The number of thioether (sulfide) groups is 1. The number of hydrogen-bond acceptors (Lipinski definition) is 9. The number of carboxylic acid groups (broad SMARTS) is 2. The maximum Gasteiger partial charge on any atom is 0.281 e. The van der Waals surface area contributed by atoms with Crippen LogP contribution in [0.3, 0.4) is 0 Å². The van der Waals surface area contributed by atoms with Gasteiger partial charge in [0.25, 0.3) is 5.22 Å². The maximum atomic E-state index is 11.3. The zero-order chi connectivity index (χ0) is 17.5. The molecule has 0 aliphatic rings. The third kappa shape index (κ3) is 5.13. The zero-order valence-electron chi connectivity index (χ0n) is 12.6. The van der Waals surface area contributed by atoms with Crippen molar-refractivity contribution in [3.05, 3.63) is 40.6 Å². The number of aliphatic carboxylic acids is 2. The Balaban J connectivity index is 2.19. The van der Waals surface area contributed by atoms with Crippen LogP contribution in [0.15, 0.2) is 38.8 Å². The van der Waals surface area contributed by atoms with Gasteiger partial charge in [0, 0.05) is 11.3 Å². The average Bonchev–Trinajstić information content (AvgIpc) is 3.00. The fourth-order valence-electron chi connectivity index (χ4n) is 1.63. The Morgan fingerprint density at radius 3 is 2.75 bits per heavy atom. The van der Waals surface area contributed by atoms with Crippen molar-refractivity contribution in [3.63, 3.8) is 0 Å². The molecule has 0 spiro atoms. The van der Waals surface area contributed by atoms with Gasteiger partial charge in [0.15, 0.2) is 0 Å². The first-order valence-corrected chi connectivity index (χ1v) is 7.65. The normalized spacial score (nSPS) is 11.3. The molecule has 8 nitrogen and oxygen atoms in total. The highest BCUT2D eigenvalue weighted by atomic mass is 32.2. The SMILES string of the molecule is CCc1nnc(S/C(=C\c2cccc(OCC(=O)[O-])c2)C(=O)[O-])o1. The van der Waals surface area contributed by atoms with E-state index in [0.717, 1.165) is 11.8 Å². The maximum absolute atomic E-state index is 11.3. The van der Waals surface area contributed by atoms with Crippen LogP contribution in [-0.2, 0) is 16.0 Å². The Hall–Kier alpha value is -2.81. The van der Waals surface area contributed by atoms with Crippen LogP contribution < -0.4 is 14.9 Å². The predicted octanol–water partition coefficient (Wildman–Crippen LogP) is -0.356. The summed E-state index contributed by atoms with van der Waals surface area (Å²) in [7, 11) is 0. The van der Waals surface area contributed by atoms with E-state index >= 15 is 0 Å². The first-order chi connectivity index (χ1) is 11.5. The molecule has 0 atom stereocenters. The van der Waals surface area contributed by atoms with Gasteiger partial charge in [0.1, 0.15) is 12.4 Å². The molecule has 1 heterocycles. The van der Waals surface area contributed by atoms with E-state index in [2.05, 4.69) is 10.2 Å². The smallest absolute Gasteiger partial charge is 0.281 e. The number of carboxylic acids is 2. The summed E-state index contributed by atoms with van der Waals surface area (Å²) in [6.07, 6.45) is 1.87. The molecule has 0 aliphatic carbocycles. The molecule has 1 aromatic carbocycles. The van der Waals surface area contributed by atoms with E-state index in [4.69, 9.17) is 9.15 Å². The molecular formula is C15H12N2O6S-2. The van der Waals surface area contributed by atoms with Crippen LogP contribution in [0.4, 0.5) is 0 Å². The van der Waals surface area contributed by atoms with Gasteiger partial charge in [-0.15, -0.1) is 10.2 Å². The first kappa shape index (κ1) is 17.5. The Kier molecular flexibility index (Phi) is 5.96. The van der Waals surface area contributed by atoms with E-state index in [1.54, 1.807) is 12.1 Å². The molecule has 2 aromatic rings. The van der Waals surface area contributed by atoms with Gasteiger partial charge >= 0.3 is 0 Å². The van der Waals surface area contributed by atoms with Crippen molar-refractivity contribution in [2.75, 3.05) is 6.61 Å². The minimum atomic E-state index is -1.41. The van der Waals surface area contributed by atoms with Gasteiger partial charge in [-0.25, -0.2) is 0 Å². The van der Waals surface area contributed by atoms with E-state index in [-0.39, 0.29) is 15.9 Å². The largest absolute Gasteiger partial charge is 0.546 e. The third-order valence-electron chi connectivity index (χ3n) is 2.66. The number of carbonyl (C=O) groups is 2. The van der Waals surface area contributed by atoms with Crippen molar-refractivity contribution in [3.8, 4) is 5.75 Å². The second-order valence-electron chi connectivity index (χ2n) is 4.45. The quantitative estimate of drug-likeness (QED) is 0.464. The lowest BCUT2D eigenvalue weighted by Gasteiger charge is -2.08. The molecule has 0 saturated carbocycles. The molecule has 0 bridgehead atoms. The summed E-state index contributed by atoms with van der Waals surface area (Å²) in [5.41, 5.74) is 0.479. The second-order valence-corrected chi connectivity index (χ2v) is 5.44. The zero-order valence-corrected chi connectivity index (χ0v) is 13.4. The molecule has 0 fully saturated rings. The number of carbonyl (C=O) groups excluding carboxylic acids is 2. The molecule has 0 N–H and O–H groups in total. The molecule has 2 rings (SSSR count). The summed E-state index contributed by atoms with van der Waals surface area (Å²) >= 11 is 0.766. The van der Waals surface area contributed by atoms with Gasteiger partial charge < -0.3 is 29.0 Å². The minimum Gasteiger partial charge on any atom is -0.546 e. The van der Waals surface area contributed by atoms with Gasteiger partial charge in [0.05, 0.1) is 11.9 Å². The molecule has 0 radical (unpaired) electrons. The van der Waals surface area contributed by atoms with Crippen molar-refractivity contribution in [2.24, 2.45) is 0 Å². The number of aryl methyl sites for hydroxylation is 1. The van der Waals surface area contributed by atoms with Crippen molar-refractivity contribution in [1.82, 2.24) is 10.2 Å². The Morgan fingerprint density at radius 2 is 2.12 bits per heavy atom. The molecule has 0 unspecified atom stereocenters. The Morgan fingerprint density at radius 1 is 1.33 bits per heavy atom. The topological polar surface area (TPSA) is 128 Å². The van der Waals surface area contributed by atoms with Gasteiger partial charge in [-0.05, 0) is 35.5 Å². The number of aromatic nitrogens is 2. The lowest BCUT2D eigenvalue weighted by atomic mass is 10.2. The standard InChI is InChI=1S/C15H14N2O6S/c1-2-12-16-17-15(23-12)24-11(14(20)21)7-9-4-3-5-10(6-9)22-8-13(18)19/h3-7H,2,8H2,1H3,(H,18,19)(H,20,21)/p-2/b11-7-. The molecule has 9 heteroatoms. The summed E-state index contributed by atoms with van der Waals surface area (Å²) in [5.74, 6) is -2.10.